The lowest BCUT2D eigenvalue weighted by Crippen LogP contribution is -2.52. The van der Waals surface area contributed by atoms with Gasteiger partial charge in [-0.05, 0) is 61.7 Å². The first-order valence-electron chi connectivity index (χ1n) is 15.3. The van der Waals surface area contributed by atoms with Crippen molar-refractivity contribution in [3.63, 3.8) is 0 Å². The minimum absolute atomic E-state index is 0. The van der Waals surface area contributed by atoms with Crippen molar-refractivity contribution in [2.75, 3.05) is 45.3 Å². The SMILES string of the molecule is COc1cc(-c2cc(C)c(=O)n(C)c2C)cc(OC)c1CN1CCN(c2ccc3c(c2)C(=O)N(C2CCC(=O)NC2=O)C3)CC1.[HH]. The summed E-state index contributed by atoms with van der Waals surface area (Å²) in [5.74, 6) is 0.613. The van der Waals surface area contributed by atoms with Crippen LogP contribution in [0.2, 0.25) is 0 Å². The highest BCUT2D eigenvalue weighted by molar-refractivity contribution is 6.05. The summed E-state index contributed by atoms with van der Waals surface area (Å²) in [6.45, 7) is 7.96. The van der Waals surface area contributed by atoms with E-state index in [4.69, 9.17) is 9.47 Å². The van der Waals surface area contributed by atoms with Crippen LogP contribution >= 0.6 is 0 Å². The Hall–Kier alpha value is -4.64. The summed E-state index contributed by atoms with van der Waals surface area (Å²) < 4.78 is 13.4. The van der Waals surface area contributed by atoms with E-state index in [1.807, 2.05) is 50.2 Å². The largest absolute Gasteiger partial charge is 0.496 e. The molecule has 0 aliphatic carbocycles. The molecular formula is C34H41N5O6. The van der Waals surface area contributed by atoms with Crippen molar-refractivity contribution in [2.24, 2.45) is 7.05 Å². The average molecular weight is 616 g/mol. The van der Waals surface area contributed by atoms with Gasteiger partial charge in [-0.1, -0.05) is 6.07 Å². The Bertz CT molecular complexity index is 1740. The average Bonchev–Trinajstić information content (AvgIpc) is 3.37. The normalized spacial score (nSPS) is 18.7. The number of nitrogens with zero attached hydrogens (tertiary/aromatic N) is 4. The van der Waals surface area contributed by atoms with Crippen LogP contribution in [0.5, 0.6) is 11.5 Å². The fraction of sp³-hybridized carbons (Fsp3) is 0.412. The van der Waals surface area contributed by atoms with E-state index in [-0.39, 0.29) is 25.2 Å². The van der Waals surface area contributed by atoms with Gasteiger partial charge in [0.05, 0.1) is 19.8 Å². The molecule has 1 atom stereocenters. The minimum atomic E-state index is -0.618. The molecule has 238 valence electrons. The number of carbonyl (C=O) groups is 3. The van der Waals surface area contributed by atoms with Gasteiger partial charge < -0.3 is 23.8 Å². The Balaban J connectivity index is 0.00000417. The van der Waals surface area contributed by atoms with Crippen molar-refractivity contribution in [3.8, 4) is 22.6 Å². The molecule has 2 saturated heterocycles. The van der Waals surface area contributed by atoms with Crippen LogP contribution in [0.25, 0.3) is 11.1 Å². The molecule has 4 heterocycles. The molecule has 6 rings (SSSR count). The van der Waals surface area contributed by atoms with Crippen LogP contribution in [-0.2, 0) is 29.7 Å². The van der Waals surface area contributed by atoms with Crippen molar-refractivity contribution in [3.05, 3.63) is 74.7 Å². The summed E-state index contributed by atoms with van der Waals surface area (Å²) in [6.07, 6.45) is 0.590. The van der Waals surface area contributed by atoms with Crippen molar-refractivity contribution in [1.29, 1.82) is 0 Å². The molecule has 1 N–H and O–H groups in total. The zero-order valence-corrected chi connectivity index (χ0v) is 26.4. The first-order valence-corrected chi connectivity index (χ1v) is 15.3. The number of methoxy groups -OCH3 is 2. The molecular weight excluding hydrogens is 574 g/mol. The second kappa shape index (κ2) is 12.0. The number of hydrogen-bond donors (Lipinski definition) is 1. The molecule has 3 aromatic rings. The van der Waals surface area contributed by atoms with Crippen molar-refractivity contribution >= 4 is 23.4 Å². The third-order valence-corrected chi connectivity index (χ3v) is 9.45. The minimum Gasteiger partial charge on any atom is -0.496 e. The number of aromatic nitrogens is 1. The third-order valence-electron chi connectivity index (χ3n) is 9.45. The lowest BCUT2D eigenvalue weighted by Gasteiger charge is -2.36. The molecule has 45 heavy (non-hydrogen) atoms. The quantitative estimate of drug-likeness (QED) is 0.404. The maximum absolute atomic E-state index is 13.3. The van der Waals surface area contributed by atoms with Crippen LogP contribution in [0.15, 0.2) is 41.2 Å². The number of fused-ring (bicyclic) bond motifs is 1. The van der Waals surface area contributed by atoms with Gasteiger partial charge in [0, 0.05) is 82.2 Å². The number of benzene rings is 2. The maximum Gasteiger partial charge on any atom is 0.255 e. The number of imide groups is 1. The Morgan fingerprint density at radius 3 is 2.24 bits per heavy atom. The number of aryl methyl sites for hydroxylation is 1. The maximum atomic E-state index is 13.3. The van der Waals surface area contributed by atoms with Gasteiger partial charge in [-0.15, -0.1) is 0 Å². The van der Waals surface area contributed by atoms with Gasteiger partial charge >= 0.3 is 0 Å². The number of rotatable bonds is 7. The summed E-state index contributed by atoms with van der Waals surface area (Å²) in [4.78, 5) is 56.0. The second-order valence-electron chi connectivity index (χ2n) is 12.1. The summed E-state index contributed by atoms with van der Waals surface area (Å²) >= 11 is 0. The van der Waals surface area contributed by atoms with Gasteiger partial charge in [-0.2, -0.15) is 0 Å². The van der Waals surface area contributed by atoms with E-state index in [1.54, 1.807) is 30.7 Å². The fourth-order valence-corrected chi connectivity index (χ4v) is 6.69. The smallest absolute Gasteiger partial charge is 0.255 e. The second-order valence-corrected chi connectivity index (χ2v) is 12.1. The van der Waals surface area contributed by atoms with Crippen LogP contribution in [-0.4, -0.2) is 78.5 Å². The van der Waals surface area contributed by atoms with Crippen LogP contribution in [0.3, 0.4) is 0 Å². The molecule has 0 spiro atoms. The van der Waals surface area contributed by atoms with E-state index < -0.39 is 11.9 Å². The highest BCUT2D eigenvalue weighted by Gasteiger charge is 2.39. The molecule has 0 bridgehead atoms. The molecule has 1 unspecified atom stereocenters. The highest BCUT2D eigenvalue weighted by Crippen LogP contribution is 2.37. The number of carbonyl (C=O) groups excluding carboxylic acids is 3. The van der Waals surface area contributed by atoms with E-state index in [0.717, 1.165) is 71.3 Å². The van der Waals surface area contributed by atoms with E-state index in [9.17, 15) is 19.2 Å². The molecule has 0 saturated carbocycles. The van der Waals surface area contributed by atoms with Crippen LogP contribution in [0, 0.1) is 13.8 Å². The van der Waals surface area contributed by atoms with Gasteiger partial charge in [-0.25, -0.2) is 0 Å². The number of nitrogens with one attached hydrogen (secondary N) is 1. The molecule has 2 aromatic carbocycles. The van der Waals surface area contributed by atoms with Crippen molar-refractivity contribution < 1.29 is 25.3 Å². The molecule has 0 radical (unpaired) electrons. The molecule has 3 aliphatic heterocycles. The predicted octanol–water partition coefficient (Wildman–Crippen LogP) is 3.02. The van der Waals surface area contributed by atoms with Crippen LogP contribution < -0.4 is 25.2 Å². The number of amides is 3. The lowest BCUT2D eigenvalue weighted by molar-refractivity contribution is -0.136. The van der Waals surface area contributed by atoms with Gasteiger partial charge in [0.2, 0.25) is 11.8 Å². The zero-order chi connectivity index (χ0) is 32.0. The highest BCUT2D eigenvalue weighted by atomic mass is 16.5. The first kappa shape index (κ1) is 30.4. The van der Waals surface area contributed by atoms with Crippen LogP contribution in [0.4, 0.5) is 5.69 Å². The lowest BCUT2D eigenvalue weighted by atomic mass is 9.99. The molecule has 11 heteroatoms. The number of piperidine rings is 1. The molecule has 3 amide bonds. The van der Waals surface area contributed by atoms with Gasteiger partial charge in [-0.3, -0.25) is 29.4 Å². The Labute approximate surface area is 263 Å². The summed E-state index contributed by atoms with van der Waals surface area (Å²) in [7, 11) is 5.11. The van der Waals surface area contributed by atoms with Crippen molar-refractivity contribution in [1.82, 2.24) is 19.7 Å². The van der Waals surface area contributed by atoms with E-state index in [2.05, 4.69) is 15.1 Å². The number of hydrogen-bond acceptors (Lipinski definition) is 8. The molecule has 2 fully saturated rings. The van der Waals surface area contributed by atoms with E-state index >= 15 is 0 Å². The predicted molar refractivity (Wildman–Crippen MR) is 172 cm³/mol. The summed E-state index contributed by atoms with van der Waals surface area (Å²) in [5, 5.41) is 2.36. The monoisotopic (exact) mass is 615 g/mol. The summed E-state index contributed by atoms with van der Waals surface area (Å²) in [5.41, 5.74) is 6.90. The first-order chi connectivity index (χ1) is 21.6. The Kier molecular flexibility index (Phi) is 8.13. The zero-order valence-electron chi connectivity index (χ0n) is 26.4. The van der Waals surface area contributed by atoms with Gasteiger partial charge in [0.1, 0.15) is 17.5 Å². The van der Waals surface area contributed by atoms with Crippen LogP contribution in [0.1, 0.15) is 47.0 Å². The number of pyridine rings is 1. The molecule has 11 nitrogen and oxygen atoms in total. The van der Waals surface area contributed by atoms with Gasteiger partial charge in [0.25, 0.3) is 11.5 Å². The fourth-order valence-electron chi connectivity index (χ4n) is 6.69. The molecule has 3 aliphatic rings. The number of anilines is 1. The standard InChI is InChI=1S/C34H39N5O6.H2/c1-20-14-25(21(2)36(3)33(20)42)23-15-29(44-4)27(30(16-23)45-5)19-37-10-12-38(13-11-37)24-7-6-22-18-39(34(43)26(22)17-24)28-8-9-31(40)35-32(28)41;/h6-7,14-17,28H,8-13,18-19H2,1-5H3,(H,35,40,41);1H. The Morgan fingerprint density at radius 2 is 1.60 bits per heavy atom. The molecule has 1 aromatic heterocycles. The van der Waals surface area contributed by atoms with E-state index in [1.165, 1.54) is 0 Å². The topological polar surface area (TPSA) is 113 Å². The Morgan fingerprint density at radius 1 is 0.911 bits per heavy atom. The third kappa shape index (κ3) is 5.56. The summed E-state index contributed by atoms with van der Waals surface area (Å²) in [6, 6.07) is 11.3. The number of ether oxygens (including phenoxy) is 2. The van der Waals surface area contributed by atoms with Crippen molar-refractivity contribution in [2.45, 2.75) is 45.8 Å². The number of piperazine rings is 1. The van der Waals surface area contributed by atoms with E-state index in [0.29, 0.717) is 30.6 Å². The van der Waals surface area contributed by atoms with Gasteiger partial charge in [0.15, 0.2) is 0 Å².